The Kier molecular flexibility index (Phi) is 9.80. The maximum Gasteiger partial charge on any atom is 0.251 e. The standard InChI is InChI=1S/C35H33N3O4S2/c1-23-37-38-35(44-23)43-22-31-19-32(27-12-10-24(21-39)11-13-27)42-34(41-31)29-16-14-26(15-17-29)30-9-5-6-25(18-30)20-36-33(40)28-7-3-2-4-8-28/h2-18,31-32,34,39H,19-22H2,1H3,(H,36,40). The Morgan fingerprint density at radius 1 is 0.886 bits per heavy atom. The average molecular weight is 624 g/mol. The fourth-order valence-corrected chi connectivity index (χ4v) is 6.95. The first kappa shape index (κ1) is 30.2. The van der Waals surface area contributed by atoms with E-state index in [4.69, 9.17) is 9.47 Å². The number of thioether (sulfide) groups is 1. The van der Waals surface area contributed by atoms with Crippen LogP contribution in [-0.4, -0.2) is 33.1 Å². The molecular weight excluding hydrogens is 591 g/mol. The molecule has 1 aliphatic rings. The molecule has 1 amide bonds. The topological polar surface area (TPSA) is 93.6 Å². The van der Waals surface area contributed by atoms with Crippen LogP contribution in [0.1, 0.15) is 56.4 Å². The van der Waals surface area contributed by atoms with Crippen LogP contribution in [-0.2, 0) is 22.6 Å². The van der Waals surface area contributed by atoms with Gasteiger partial charge in [-0.25, -0.2) is 0 Å². The maximum absolute atomic E-state index is 12.5. The molecule has 0 spiro atoms. The van der Waals surface area contributed by atoms with E-state index in [0.29, 0.717) is 18.5 Å². The lowest BCUT2D eigenvalue weighted by Crippen LogP contribution is -2.31. The second-order valence-electron chi connectivity index (χ2n) is 10.6. The lowest BCUT2D eigenvalue weighted by atomic mass is 9.99. The molecule has 4 aromatic carbocycles. The zero-order chi connectivity index (χ0) is 30.3. The third kappa shape index (κ3) is 7.61. The summed E-state index contributed by atoms with van der Waals surface area (Å²) in [7, 11) is 0. The van der Waals surface area contributed by atoms with Gasteiger partial charge in [-0.05, 0) is 52.9 Å². The quantitative estimate of drug-likeness (QED) is 0.158. The minimum Gasteiger partial charge on any atom is -0.392 e. The molecule has 3 atom stereocenters. The molecular formula is C35H33N3O4S2. The van der Waals surface area contributed by atoms with Gasteiger partial charge < -0.3 is 19.9 Å². The second-order valence-corrected chi connectivity index (χ2v) is 13.1. The van der Waals surface area contributed by atoms with E-state index >= 15 is 0 Å². The van der Waals surface area contributed by atoms with Crippen LogP contribution in [0, 0.1) is 6.92 Å². The number of benzene rings is 4. The molecule has 9 heteroatoms. The highest BCUT2D eigenvalue weighted by Gasteiger charge is 2.32. The van der Waals surface area contributed by atoms with Crippen LogP contribution < -0.4 is 5.32 Å². The molecule has 5 aromatic rings. The van der Waals surface area contributed by atoms with Gasteiger partial charge in [-0.3, -0.25) is 4.79 Å². The zero-order valence-corrected chi connectivity index (χ0v) is 25.9. The van der Waals surface area contributed by atoms with E-state index in [-0.39, 0.29) is 24.7 Å². The van der Waals surface area contributed by atoms with Crippen molar-refractivity contribution in [2.24, 2.45) is 0 Å². The van der Waals surface area contributed by atoms with Gasteiger partial charge in [0, 0.05) is 29.8 Å². The molecule has 44 heavy (non-hydrogen) atoms. The van der Waals surface area contributed by atoms with Gasteiger partial charge in [0.15, 0.2) is 10.6 Å². The van der Waals surface area contributed by atoms with Gasteiger partial charge in [-0.2, -0.15) is 0 Å². The highest BCUT2D eigenvalue weighted by molar-refractivity contribution is 8.01. The van der Waals surface area contributed by atoms with Crippen LogP contribution >= 0.6 is 23.1 Å². The Hall–Kier alpha value is -3.86. The third-order valence-electron chi connectivity index (χ3n) is 7.45. The van der Waals surface area contributed by atoms with Crippen LogP contribution in [0.15, 0.2) is 107 Å². The first-order chi connectivity index (χ1) is 21.5. The summed E-state index contributed by atoms with van der Waals surface area (Å²) in [6, 6.07) is 33.6. The van der Waals surface area contributed by atoms with Crippen molar-refractivity contribution in [2.45, 2.75) is 49.3 Å². The molecule has 224 valence electrons. The molecule has 0 saturated carbocycles. The first-order valence-corrected chi connectivity index (χ1v) is 16.3. The molecule has 2 heterocycles. The molecule has 1 aromatic heterocycles. The number of aryl methyl sites for hydroxylation is 1. The summed E-state index contributed by atoms with van der Waals surface area (Å²) in [6.07, 6.45) is -0.00827. The number of aliphatic hydroxyl groups is 1. The van der Waals surface area contributed by atoms with Crippen molar-refractivity contribution in [1.82, 2.24) is 15.5 Å². The Morgan fingerprint density at radius 2 is 1.66 bits per heavy atom. The number of hydrogen-bond donors (Lipinski definition) is 2. The minimum absolute atomic E-state index is 0.00957. The van der Waals surface area contributed by atoms with E-state index < -0.39 is 6.29 Å². The molecule has 1 fully saturated rings. The van der Waals surface area contributed by atoms with E-state index in [0.717, 1.165) is 48.5 Å². The van der Waals surface area contributed by atoms with Crippen molar-refractivity contribution in [3.63, 3.8) is 0 Å². The Morgan fingerprint density at radius 3 is 2.39 bits per heavy atom. The predicted octanol–water partition coefficient (Wildman–Crippen LogP) is 7.27. The number of rotatable bonds is 10. The number of aliphatic hydroxyl groups excluding tert-OH is 1. The van der Waals surface area contributed by atoms with E-state index in [1.165, 1.54) is 0 Å². The number of nitrogens with one attached hydrogen (secondary N) is 1. The van der Waals surface area contributed by atoms with Gasteiger partial charge in [0.25, 0.3) is 5.91 Å². The number of nitrogens with zero attached hydrogens (tertiary/aromatic N) is 2. The summed E-state index contributed by atoms with van der Waals surface area (Å²) in [6.45, 7) is 2.41. The van der Waals surface area contributed by atoms with Crippen LogP contribution in [0.2, 0.25) is 0 Å². The predicted molar refractivity (Wildman–Crippen MR) is 173 cm³/mol. The SMILES string of the molecule is Cc1nnc(SCC2CC(c3ccc(CO)cc3)OC(c3ccc(-c4cccc(CNC(=O)c5ccccc5)c4)cc3)O2)s1. The Bertz CT molecular complexity index is 1680. The van der Waals surface area contributed by atoms with Crippen LogP contribution in [0.4, 0.5) is 0 Å². The third-order valence-corrected chi connectivity index (χ3v) is 9.55. The fourth-order valence-electron chi connectivity index (χ4n) is 5.09. The zero-order valence-electron chi connectivity index (χ0n) is 24.3. The number of carbonyl (C=O) groups excluding carboxylic acids is 1. The van der Waals surface area contributed by atoms with Gasteiger partial charge in [0.2, 0.25) is 0 Å². The fraction of sp³-hybridized carbons (Fsp3) is 0.229. The van der Waals surface area contributed by atoms with Gasteiger partial charge in [0.1, 0.15) is 5.01 Å². The number of aromatic nitrogens is 2. The molecule has 1 saturated heterocycles. The minimum atomic E-state index is -0.526. The lowest BCUT2D eigenvalue weighted by Gasteiger charge is -2.36. The summed E-state index contributed by atoms with van der Waals surface area (Å²) < 4.78 is 13.9. The molecule has 3 unspecified atom stereocenters. The van der Waals surface area contributed by atoms with E-state index in [1.807, 2.05) is 73.7 Å². The van der Waals surface area contributed by atoms with E-state index in [9.17, 15) is 9.90 Å². The summed E-state index contributed by atoms with van der Waals surface area (Å²) in [4.78, 5) is 12.5. The highest BCUT2D eigenvalue weighted by Crippen LogP contribution is 2.40. The summed E-state index contributed by atoms with van der Waals surface area (Å²) in [5, 5.41) is 21.8. The monoisotopic (exact) mass is 623 g/mol. The van der Waals surface area contributed by atoms with Crippen molar-refractivity contribution in [3.05, 3.63) is 136 Å². The van der Waals surface area contributed by atoms with Crippen molar-refractivity contribution >= 4 is 29.0 Å². The van der Waals surface area contributed by atoms with Crippen LogP contribution in [0.5, 0.6) is 0 Å². The Balaban J connectivity index is 1.15. The molecule has 7 nitrogen and oxygen atoms in total. The van der Waals surface area contributed by atoms with Gasteiger partial charge >= 0.3 is 0 Å². The molecule has 1 aliphatic heterocycles. The average Bonchev–Trinajstić information content (AvgIpc) is 3.51. The van der Waals surface area contributed by atoms with Crippen molar-refractivity contribution in [3.8, 4) is 11.1 Å². The molecule has 0 radical (unpaired) electrons. The van der Waals surface area contributed by atoms with Crippen molar-refractivity contribution in [1.29, 1.82) is 0 Å². The molecule has 6 rings (SSSR count). The summed E-state index contributed by atoms with van der Waals surface area (Å²) in [5.74, 6) is 0.649. The normalized spacial score (nSPS) is 18.2. The van der Waals surface area contributed by atoms with Gasteiger partial charge in [0.05, 0.1) is 18.8 Å². The Labute approximate surface area is 265 Å². The van der Waals surface area contributed by atoms with Crippen LogP contribution in [0.3, 0.4) is 0 Å². The summed E-state index contributed by atoms with van der Waals surface area (Å²) >= 11 is 3.25. The lowest BCUT2D eigenvalue weighted by molar-refractivity contribution is -0.245. The van der Waals surface area contributed by atoms with Crippen LogP contribution in [0.25, 0.3) is 11.1 Å². The second kappa shape index (κ2) is 14.3. The largest absolute Gasteiger partial charge is 0.392 e. The number of amides is 1. The molecule has 0 bridgehead atoms. The number of carbonyl (C=O) groups is 1. The van der Waals surface area contributed by atoms with Crippen molar-refractivity contribution < 1.29 is 19.4 Å². The molecule has 0 aliphatic carbocycles. The van der Waals surface area contributed by atoms with Gasteiger partial charge in [-0.1, -0.05) is 108 Å². The first-order valence-electron chi connectivity index (χ1n) is 14.5. The van der Waals surface area contributed by atoms with Crippen molar-refractivity contribution in [2.75, 3.05) is 5.75 Å². The molecule has 2 N–H and O–H groups in total. The number of hydrogen-bond acceptors (Lipinski definition) is 8. The van der Waals surface area contributed by atoms with Gasteiger partial charge in [-0.15, -0.1) is 10.2 Å². The summed E-state index contributed by atoms with van der Waals surface area (Å²) in [5.41, 5.74) is 6.67. The highest BCUT2D eigenvalue weighted by atomic mass is 32.2. The van der Waals surface area contributed by atoms with E-state index in [2.05, 4.69) is 51.9 Å². The maximum atomic E-state index is 12.5. The van der Waals surface area contributed by atoms with E-state index in [1.54, 1.807) is 23.1 Å². The number of ether oxygens (including phenoxy) is 2. The smallest absolute Gasteiger partial charge is 0.251 e.